The summed E-state index contributed by atoms with van der Waals surface area (Å²) in [4.78, 5) is 24.8. The fourth-order valence-corrected chi connectivity index (χ4v) is 4.28. The van der Waals surface area contributed by atoms with Gasteiger partial charge in [0.05, 0.1) is 36.1 Å². The first kappa shape index (κ1) is 31.1. The van der Waals surface area contributed by atoms with Gasteiger partial charge in [-0.3, -0.25) is 4.90 Å². The molecule has 0 unspecified atom stereocenters. The van der Waals surface area contributed by atoms with Crippen LogP contribution in [-0.2, 0) is 25.7 Å². The Bertz CT molecular complexity index is 795. The SMILES string of the molecule is CCN1CCO[C@]2(CCC[C@H]2COCc2csc(C)n2)C1.O=C(O)C(F)(F)F.O=C(O)C(F)(F)F. The molecular weight excluding hydrogens is 510 g/mol. The van der Waals surface area contributed by atoms with Gasteiger partial charge >= 0.3 is 24.3 Å². The van der Waals surface area contributed by atoms with Crippen LogP contribution in [0.25, 0.3) is 0 Å². The first-order valence-electron chi connectivity index (χ1n) is 10.6. The summed E-state index contributed by atoms with van der Waals surface area (Å²) in [5, 5.41) is 17.5. The number of carboxylic acid groups (broad SMARTS) is 2. The molecule has 0 aromatic carbocycles. The van der Waals surface area contributed by atoms with Crippen LogP contribution in [0.1, 0.15) is 36.9 Å². The van der Waals surface area contributed by atoms with Gasteiger partial charge in [-0.05, 0) is 26.3 Å². The third-order valence-electron chi connectivity index (χ3n) is 5.35. The summed E-state index contributed by atoms with van der Waals surface area (Å²) in [6, 6.07) is 0. The molecule has 0 amide bonds. The molecule has 202 valence electrons. The van der Waals surface area contributed by atoms with Gasteiger partial charge in [-0.1, -0.05) is 13.3 Å². The Morgan fingerprint density at radius 2 is 1.80 bits per heavy atom. The van der Waals surface area contributed by atoms with Gasteiger partial charge in [0.2, 0.25) is 0 Å². The van der Waals surface area contributed by atoms with Crippen molar-refractivity contribution in [1.82, 2.24) is 9.88 Å². The van der Waals surface area contributed by atoms with Crippen LogP contribution in [0.15, 0.2) is 5.38 Å². The Balaban J connectivity index is 0.000000362. The lowest BCUT2D eigenvalue weighted by Crippen LogP contribution is -2.54. The molecule has 1 saturated carbocycles. The number of halogens is 6. The third-order valence-corrected chi connectivity index (χ3v) is 6.17. The molecule has 0 bridgehead atoms. The van der Waals surface area contributed by atoms with Gasteiger partial charge in [-0.2, -0.15) is 26.3 Å². The molecule has 2 atom stereocenters. The van der Waals surface area contributed by atoms with Gasteiger partial charge in [-0.25, -0.2) is 14.6 Å². The minimum atomic E-state index is -5.08. The standard InChI is InChI=1S/C16H26N2O2S.2C2HF3O2/c1-3-18-7-8-20-16(12-18)6-4-5-14(16)9-19-10-15-11-21-13(2)17-15;2*3-2(4,5)1(6)7/h11,14H,3-10,12H2,1-2H3;2*(H,6,7)/t14-,16+;;/m0../s1. The topological polar surface area (TPSA) is 109 Å². The van der Waals surface area contributed by atoms with Crippen LogP contribution in [0.4, 0.5) is 26.3 Å². The van der Waals surface area contributed by atoms with Gasteiger partial charge in [0.15, 0.2) is 0 Å². The lowest BCUT2D eigenvalue weighted by atomic mass is 9.89. The summed E-state index contributed by atoms with van der Waals surface area (Å²) in [7, 11) is 0. The van der Waals surface area contributed by atoms with Crippen LogP contribution in [0.3, 0.4) is 0 Å². The number of alkyl halides is 6. The number of hydrogen-bond donors (Lipinski definition) is 2. The zero-order valence-corrected chi connectivity index (χ0v) is 19.9. The summed E-state index contributed by atoms with van der Waals surface area (Å²) < 4.78 is 75.7. The summed E-state index contributed by atoms with van der Waals surface area (Å²) in [5.74, 6) is -4.98. The maximum Gasteiger partial charge on any atom is 0.490 e. The molecule has 3 rings (SSSR count). The molecular formula is C20H28F6N2O6S. The molecule has 2 N–H and O–H groups in total. The number of aromatic nitrogens is 1. The van der Waals surface area contributed by atoms with Gasteiger partial charge in [0.25, 0.3) is 0 Å². The summed E-state index contributed by atoms with van der Waals surface area (Å²) in [6.07, 6.45) is -6.48. The predicted octanol–water partition coefficient (Wildman–Crippen LogP) is 4.13. The second-order valence-corrected chi connectivity index (χ2v) is 8.91. The molecule has 2 heterocycles. The number of thiazole rings is 1. The monoisotopic (exact) mass is 538 g/mol. The van der Waals surface area contributed by atoms with Crippen molar-refractivity contribution < 1.29 is 55.6 Å². The van der Waals surface area contributed by atoms with Crippen molar-refractivity contribution in [2.24, 2.45) is 5.92 Å². The quantitative estimate of drug-likeness (QED) is 0.539. The average molecular weight is 539 g/mol. The minimum absolute atomic E-state index is 0.0479. The highest BCUT2D eigenvalue weighted by molar-refractivity contribution is 7.09. The molecule has 1 aliphatic carbocycles. The molecule has 8 nitrogen and oxygen atoms in total. The van der Waals surface area contributed by atoms with Crippen molar-refractivity contribution in [3.8, 4) is 0 Å². The van der Waals surface area contributed by atoms with E-state index in [-0.39, 0.29) is 5.60 Å². The van der Waals surface area contributed by atoms with Gasteiger partial charge in [-0.15, -0.1) is 11.3 Å². The van der Waals surface area contributed by atoms with E-state index in [2.05, 4.69) is 22.2 Å². The number of hydrogen-bond acceptors (Lipinski definition) is 7. The number of carboxylic acids is 2. The highest BCUT2D eigenvalue weighted by Crippen LogP contribution is 2.41. The van der Waals surface area contributed by atoms with E-state index in [1.165, 1.54) is 19.3 Å². The third kappa shape index (κ3) is 10.7. The second-order valence-electron chi connectivity index (χ2n) is 7.85. The summed E-state index contributed by atoms with van der Waals surface area (Å²) in [6.45, 7) is 9.85. The zero-order valence-electron chi connectivity index (χ0n) is 19.1. The molecule has 1 aliphatic heterocycles. The number of aryl methyl sites for hydroxylation is 1. The fourth-order valence-electron chi connectivity index (χ4n) is 3.68. The second kappa shape index (κ2) is 13.4. The zero-order chi connectivity index (χ0) is 26.9. The van der Waals surface area contributed by atoms with Crippen LogP contribution >= 0.6 is 11.3 Å². The molecule has 1 aromatic rings. The predicted molar refractivity (Wildman–Crippen MR) is 112 cm³/mol. The van der Waals surface area contributed by atoms with Crippen molar-refractivity contribution in [3.63, 3.8) is 0 Å². The maximum atomic E-state index is 10.6. The average Bonchev–Trinajstić information content (AvgIpc) is 3.33. The maximum absolute atomic E-state index is 10.6. The van der Waals surface area contributed by atoms with E-state index in [9.17, 15) is 26.3 Å². The van der Waals surface area contributed by atoms with Gasteiger partial charge in [0, 0.05) is 24.4 Å². The smallest absolute Gasteiger partial charge is 0.475 e. The molecule has 1 spiro atoms. The van der Waals surface area contributed by atoms with E-state index in [4.69, 9.17) is 29.3 Å². The number of aliphatic carboxylic acids is 2. The number of likely N-dealkylation sites (N-methyl/N-ethyl adjacent to an activating group) is 1. The van der Waals surface area contributed by atoms with Crippen molar-refractivity contribution in [2.75, 3.05) is 32.8 Å². The molecule has 2 aliphatic rings. The fraction of sp³-hybridized carbons (Fsp3) is 0.750. The lowest BCUT2D eigenvalue weighted by Gasteiger charge is -2.43. The Morgan fingerprint density at radius 1 is 1.23 bits per heavy atom. The summed E-state index contributed by atoms with van der Waals surface area (Å²) >= 11 is 1.69. The van der Waals surface area contributed by atoms with Crippen LogP contribution in [0.2, 0.25) is 0 Å². The van der Waals surface area contributed by atoms with Gasteiger partial charge < -0.3 is 19.7 Å². The van der Waals surface area contributed by atoms with E-state index in [1.807, 2.05) is 6.92 Å². The Hall–Kier alpha value is -1.97. The van der Waals surface area contributed by atoms with E-state index >= 15 is 0 Å². The number of morpholine rings is 1. The highest BCUT2D eigenvalue weighted by Gasteiger charge is 2.46. The van der Waals surface area contributed by atoms with Crippen molar-refractivity contribution >= 4 is 23.3 Å². The number of ether oxygens (including phenoxy) is 2. The molecule has 1 aromatic heterocycles. The molecule has 2 fully saturated rings. The van der Waals surface area contributed by atoms with E-state index in [1.54, 1.807) is 11.3 Å². The molecule has 15 heteroatoms. The van der Waals surface area contributed by atoms with Crippen LogP contribution in [-0.4, -0.2) is 82.8 Å². The minimum Gasteiger partial charge on any atom is -0.475 e. The number of carbonyl (C=O) groups is 2. The molecule has 0 radical (unpaired) electrons. The van der Waals surface area contributed by atoms with Crippen LogP contribution in [0.5, 0.6) is 0 Å². The van der Waals surface area contributed by atoms with E-state index in [0.717, 1.165) is 43.5 Å². The Morgan fingerprint density at radius 3 is 2.26 bits per heavy atom. The van der Waals surface area contributed by atoms with Gasteiger partial charge in [0.1, 0.15) is 0 Å². The number of rotatable bonds is 5. The number of nitrogens with zero attached hydrogens (tertiary/aromatic N) is 2. The van der Waals surface area contributed by atoms with Crippen LogP contribution in [0, 0.1) is 12.8 Å². The van der Waals surface area contributed by atoms with Crippen molar-refractivity contribution in [1.29, 1.82) is 0 Å². The normalized spacial score (nSPS) is 22.7. The van der Waals surface area contributed by atoms with Crippen LogP contribution < -0.4 is 0 Å². The first-order valence-corrected chi connectivity index (χ1v) is 11.4. The van der Waals surface area contributed by atoms with E-state index < -0.39 is 24.3 Å². The Labute approximate surface area is 201 Å². The lowest BCUT2D eigenvalue weighted by molar-refractivity contribution is -0.193. The highest BCUT2D eigenvalue weighted by atomic mass is 32.1. The summed E-state index contributed by atoms with van der Waals surface area (Å²) in [5.41, 5.74) is 1.11. The van der Waals surface area contributed by atoms with Crippen molar-refractivity contribution in [2.45, 2.75) is 57.7 Å². The largest absolute Gasteiger partial charge is 0.490 e. The Kier molecular flexibility index (Phi) is 11.9. The molecule has 1 saturated heterocycles. The first-order chi connectivity index (χ1) is 16.1. The molecule has 35 heavy (non-hydrogen) atoms. The van der Waals surface area contributed by atoms with E-state index in [0.29, 0.717) is 12.5 Å². The van der Waals surface area contributed by atoms with Crippen molar-refractivity contribution in [3.05, 3.63) is 16.1 Å².